The Hall–Kier alpha value is -2.09. The number of amides is 3. The minimum Gasteiger partial charge on any atom is -0.491 e. The van der Waals surface area contributed by atoms with E-state index >= 15 is 0 Å². The van der Waals surface area contributed by atoms with Gasteiger partial charge < -0.3 is 15.2 Å². The first-order chi connectivity index (χ1) is 9.85. The number of carboxylic acid groups (broad SMARTS) is 1. The Kier molecular flexibility index (Phi) is 6.16. The average molecular weight is 314 g/mol. The maximum Gasteiger partial charge on any atom is 0.349 e. The molecule has 0 aromatic carbocycles. The minimum absolute atomic E-state index is 0.00260. The van der Waals surface area contributed by atoms with E-state index in [4.69, 9.17) is 9.84 Å². The van der Waals surface area contributed by atoms with E-state index in [1.807, 2.05) is 13.8 Å². The fourth-order valence-electron chi connectivity index (χ4n) is 1.44. The molecule has 8 heteroatoms. The number of carbonyl (C=O) groups excluding carboxylic acids is 2. The van der Waals surface area contributed by atoms with Crippen molar-refractivity contribution in [3.05, 3.63) is 15.8 Å². The van der Waals surface area contributed by atoms with E-state index in [9.17, 15) is 14.4 Å². The number of aromatic carboxylic acids is 1. The van der Waals surface area contributed by atoms with Crippen molar-refractivity contribution in [2.75, 3.05) is 13.7 Å². The zero-order valence-electron chi connectivity index (χ0n) is 12.1. The SMILES string of the molecule is CNC(=O)NC(=O)CCOc1cc(C(C)C)sc1C(=O)O. The topological polar surface area (TPSA) is 105 Å². The number of hydrogen-bond acceptors (Lipinski definition) is 5. The molecule has 0 aliphatic rings. The van der Waals surface area contributed by atoms with E-state index in [2.05, 4.69) is 10.6 Å². The van der Waals surface area contributed by atoms with Crippen LogP contribution in [0.1, 0.15) is 40.7 Å². The van der Waals surface area contributed by atoms with Crippen molar-refractivity contribution in [1.29, 1.82) is 0 Å². The standard InChI is InChI=1S/C13H18N2O5S/c1-7(2)9-6-8(11(21-9)12(17)18)20-5-4-10(16)15-13(19)14-3/h6-7H,4-5H2,1-3H3,(H,17,18)(H2,14,15,16,19). The molecular formula is C13H18N2O5S. The summed E-state index contributed by atoms with van der Waals surface area (Å²) < 4.78 is 5.35. The van der Waals surface area contributed by atoms with Crippen LogP contribution >= 0.6 is 11.3 Å². The zero-order chi connectivity index (χ0) is 16.0. The fourth-order valence-corrected chi connectivity index (χ4v) is 2.38. The average Bonchev–Trinajstić information content (AvgIpc) is 2.83. The predicted octanol–water partition coefficient (Wildman–Crippen LogP) is 1.79. The van der Waals surface area contributed by atoms with Crippen LogP contribution in [0.5, 0.6) is 5.75 Å². The van der Waals surface area contributed by atoms with Crippen LogP contribution in [0.15, 0.2) is 6.07 Å². The normalized spacial score (nSPS) is 10.3. The summed E-state index contributed by atoms with van der Waals surface area (Å²) in [5, 5.41) is 13.5. The maximum atomic E-state index is 11.4. The van der Waals surface area contributed by atoms with E-state index in [1.165, 1.54) is 7.05 Å². The van der Waals surface area contributed by atoms with Gasteiger partial charge >= 0.3 is 12.0 Å². The molecule has 1 heterocycles. The van der Waals surface area contributed by atoms with Crippen molar-refractivity contribution in [3.8, 4) is 5.75 Å². The Morgan fingerprint density at radius 2 is 2.05 bits per heavy atom. The van der Waals surface area contributed by atoms with Crippen LogP contribution in [0.3, 0.4) is 0 Å². The second kappa shape index (κ2) is 7.63. The van der Waals surface area contributed by atoms with Crippen LogP contribution in [-0.2, 0) is 4.79 Å². The van der Waals surface area contributed by atoms with E-state index in [0.29, 0.717) is 0 Å². The molecule has 3 N–H and O–H groups in total. The highest BCUT2D eigenvalue weighted by Crippen LogP contribution is 2.33. The molecule has 0 aliphatic carbocycles. The second-order valence-electron chi connectivity index (χ2n) is 4.53. The number of urea groups is 1. The summed E-state index contributed by atoms with van der Waals surface area (Å²) in [6.45, 7) is 3.91. The van der Waals surface area contributed by atoms with E-state index in [-0.39, 0.29) is 29.6 Å². The highest BCUT2D eigenvalue weighted by molar-refractivity contribution is 7.14. The van der Waals surface area contributed by atoms with Crippen LogP contribution in [-0.4, -0.2) is 36.7 Å². The Bertz CT molecular complexity index is 539. The molecule has 0 bridgehead atoms. The fraction of sp³-hybridized carbons (Fsp3) is 0.462. The first kappa shape index (κ1) is 17.0. The summed E-state index contributed by atoms with van der Waals surface area (Å²) in [5.74, 6) is -1.10. The van der Waals surface area contributed by atoms with Crippen LogP contribution in [0, 0.1) is 0 Å². The summed E-state index contributed by atoms with van der Waals surface area (Å²) >= 11 is 1.16. The lowest BCUT2D eigenvalue weighted by molar-refractivity contribution is -0.120. The summed E-state index contributed by atoms with van der Waals surface area (Å²) in [5.41, 5.74) is 0. The third-order valence-corrected chi connectivity index (χ3v) is 3.95. The number of hydrogen-bond donors (Lipinski definition) is 3. The second-order valence-corrected chi connectivity index (χ2v) is 5.61. The molecule has 0 atom stereocenters. The molecule has 0 saturated carbocycles. The predicted molar refractivity (Wildman–Crippen MR) is 78.1 cm³/mol. The van der Waals surface area contributed by atoms with Crippen molar-refractivity contribution in [2.45, 2.75) is 26.2 Å². The van der Waals surface area contributed by atoms with Gasteiger partial charge in [-0.05, 0) is 12.0 Å². The highest BCUT2D eigenvalue weighted by Gasteiger charge is 2.18. The molecule has 1 rings (SSSR count). The summed E-state index contributed by atoms with van der Waals surface area (Å²) in [6, 6.07) is 1.08. The molecule has 0 spiro atoms. The molecule has 1 aromatic heterocycles. The lowest BCUT2D eigenvalue weighted by atomic mass is 10.2. The van der Waals surface area contributed by atoms with Crippen LogP contribution in [0.25, 0.3) is 0 Å². The summed E-state index contributed by atoms with van der Waals surface area (Å²) in [6.07, 6.45) is -0.0423. The lowest BCUT2D eigenvalue weighted by Gasteiger charge is -2.05. The molecule has 0 aliphatic heterocycles. The number of ether oxygens (including phenoxy) is 1. The molecule has 0 radical (unpaired) electrons. The molecule has 21 heavy (non-hydrogen) atoms. The molecule has 0 unspecified atom stereocenters. The number of carboxylic acids is 1. The number of rotatable bonds is 6. The smallest absolute Gasteiger partial charge is 0.349 e. The van der Waals surface area contributed by atoms with E-state index < -0.39 is 17.9 Å². The van der Waals surface area contributed by atoms with Crippen molar-refractivity contribution < 1.29 is 24.2 Å². The van der Waals surface area contributed by atoms with Gasteiger partial charge in [-0.2, -0.15) is 0 Å². The summed E-state index contributed by atoms with van der Waals surface area (Å²) in [4.78, 5) is 34.4. The van der Waals surface area contributed by atoms with Gasteiger partial charge in [-0.3, -0.25) is 10.1 Å². The van der Waals surface area contributed by atoms with Crippen molar-refractivity contribution in [2.24, 2.45) is 0 Å². The minimum atomic E-state index is -1.06. The Balaban J connectivity index is 2.60. The Labute approximate surface area is 126 Å². The lowest BCUT2D eigenvalue weighted by Crippen LogP contribution is -2.37. The third kappa shape index (κ3) is 5.07. The first-order valence-corrected chi connectivity index (χ1v) is 7.18. The van der Waals surface area contributed by atoms with Gasteiger partial charge in [-0.25, -0.2) is 9.59 Å². The molecule has 7 nitrogen and oxygen atoms in total. The van der Waals surface area contributed by atoms with Gasteiger partial charge in [0.1, 0.15) is 5.75 Å². The van der Waals surface area contributed by atoms with Gasteiger partial charge in [0.2, 0.25) is 5.91 Å². The van der Waals surface area contributed by atoms with Crippen LogP contribution in [0.4, 0.5) is 4.79 Å². The van der Waals surface area contributed by atoms with Gasteiger partial charge in [-0.15, -0.1) is 11.3 Å². The van der Waals surface area contributed by atoms with Crippen molar-refractivity contribution in [3.63, 3.8) is 0 Å². The molecule has 0 fully saturated rings. The third-order valence-electron chi connectivity index (χ3n) is 2.55. The van der Waals surface area contributed by atoms with Crippen LogP contribution < -0.4 is 15.4 Å². The number of nitrogens with one attached hydrogen (secondary N) is 2. The van der Waals surface area contributed by atoms with Gasteiger partial charge in [0, 0.05) is 11.9 Å². The molecular weight excluding hydrogens is 296 g/mol. The first-order valence-electron chi connectivity index (χ1n) is 6.36. The van der Waals surface area contributed by atoms with Crippen molar-refractivity contribution in [1.82, 2.24) is 10.6 Å². The Morgan fingerprint density at radius 3 is 2.57 bits per heavy atom. The van der Waals surface area contributed by atoms with E-state index in [0.717, 1.165) is 16.2 Å². The number of carbonyl (C=O) groups is 3. The molecule has 3 amide bonds. The number of imide groups is 1. The van der Waals surface area contributed by atoms with Gasteiger partial charge in [0.25, 0.3) is 0 Å². The monoisotopic (exact) mass is 314 g/mol. The van der Waals surface area contributed by atoms with E-state index in [1.54, 1.807) is 6.07 Å². The van der Waals surface area contributed by atoms with Gasteiger partial charge in [0.05, 0.1) is 13.0 Å². The van der Waals surface area contributed by atoms with Gasteiger partial charge in [-0.1, -0.05) is 13.8 Å². The maximum absolute atomic E-state index is 11.4. The molecule has 1 aromatic rings. The van der Waals surface area contributed by atoms with Crippen LogP contribution in [0.2, 0.25) is 0 Å². The van der Waals surface area contributed by atoms with Crippen molar-refractivity contribution >= 4 is 29.2 Å². The Morgan fingerprint density at radius 1 is 1.38 bits per heavy atom. The number of thiophene rings is 1. The largest absolute Gasteiger partial charge is 0.491 e. The highest BCUT2D eigenvalue weighted by atomic mass is 32.1. The van der Waals surface area contributed by atoms with Gasteiger partial charge in [0.15, 0.2) is 4.88 Å². The molecule has 116 valence electrons. The molecule has 0 saturated heterocycles. The summed E-state index contributed by atoms with van der Waals surface area (Å²) in [7, 11) is 1.40. The quantitative estimate of drug-likeness (QED) is 0.742. The zero-order valence-corrected chi connectivity index (χ0v) is 12.9.